The smallest absolute Gasteiger partial charge is 0.247 e. The third-order valence-electron chi connectivity index (χ3n) is 4.59. The average Bonchev–Trinajstić information content (AvgIpc) is 3.44. The highest BCUT2D eigenvalue weighted by atomic mass is 32.2. The lowest BCUT2D eigenvalue weighted by molar-refractivity contribution is 0.381. The molecule has 0 unspecified atom stereocenters. The second kappa shape index (κ2) is 7.18. The van der Waals surface area contributed by atoms with Gasteiger partial charge in [-0.1, -0.05) is 50.2 Å². The van der Waals surface area contributed by atoms with E-state index in [0.29, 0.717) is 18.2 Å². The zero-order valence-electron chi connectivity index (χ0n) is 15.0. The SMILES string of the molecule is COc1ccccc1S(=O)(=O)N(Cc1ccc(C(C)C)cc1)C1CC1. The molecule has 0 heterocycles. The number of methoxy groups -OCH3 is 1. The average molecular weight is 359 g/mol. The number of sulfonamides is 1. The third-order valence-corrected chi connectivity index (χ3v) is 6.53. The molecule has 0 N–H and O–H groups in total. The Morgan fingerprint density at radius 1 is 1.08 bits per heavy atom. The molecule has 3 rings (SSSR count). The summed E-state index contributed by atoms with van der Waals surface area (Å²) in [5.41, 5.74) is 2.27. The van der Waals surface area contributed by atoms with Gasteiger partial charge in [0.25, 0.3) is 0 Å². The second-order valence-corrected chi connectivity index (χ2v) is 8.69. The van der Waals surface area contributed by atoms with Crippen LogP contribution < -0.4 is 4.74 Å². The number of nitrogens with zero attached hydrogens (tertiary/aromatic N) is 1. The van der Waals surface area contributed by atoms with Gasteiger partial charge in [0.2, 0.25) is 10.0 Å². The van der Waals surface area contributed by atoms with Crippen molar-refractivity contribution in [3.05, 3.63) is 59.7 Å². The molecule has 1 saturated carbocycles. The van der Waals surface area contributed by atoms with Gasteiger partial charge in [0.15, 0.2) is 0 Å². The van der Waals surface area contributed by atoms with Crippen LogP contribution in [0.25, 0.3) is 0 Å². The molecule has 0 aliphatic heterocycles. The summed E-state index contributed by atoms with van der Waals surface area (Å²) in [5.74, 6) is 0.856. The number of para-hydroxylation sites is 1. The summed E-state index contributed by atoms with van der Waals surface area (Å²) in [6.07, 6.45) is 1.83. The molecule has 4 nitrogen and oxygen atoms in total. The molecule has 1 aliphatic rings. The molecule has 0 amide bonds. The maximum absolute atomic E-state index is 13.2. The Morgan fingerprint density at radius 3 is 2.28 bits per heavy atom. The van der Waals surface area contributed by atoms with Gasteiger partial charge in [-0.2, -0.15) is 4.31 Å². The minimum absolute atomic E-state index is 0.0830. The molecule has 0 atom stereocenters. The van der Waals surface area contributed by atoms with Crippen LogP contribution >= 0.6 is 0 Å². The summed E-state index contributed by atoms with van der Waals surface area (Å²) >= 11 is 0. The minimum atomic E-state index is -3.60. The monoisotopic (exact) mass is 359 g/mol. The fraction of sp³-hybridized carbons (Fsp3) is 0.400. The lowest BCUT2D eigenvalue weighted by atomic mass is 10.0. The first-order chi connectivity index (χ1) is 11.9. The summed E-state index contributed by atoms with van der Waals surface area (Å²) < 4.78 is 33.3. The van der Waals surface area contributed by atoms with Crippen LogP contribution in [0.3, 0.4) is 0 Å². The van der Waals surface area contributed by atoms with Crippen molar-refractivity contribution in [1.29, 1.82) is 0 Å². The van der Waals surface area contributed by atoms with Crippen LogP contribution in [0.1, 0.15) is 43.7 Å². The molecular weight excluding hydrogens is 334 g/mol. The molecule has 2 aromatic carbocycles. The van der Waals surface area contributed by atoms with Crippen molar-refractivity contribution in [2.24, 2.45) is 0 Å². The summed E-state index contributed by atoms with van der Waals surface area (Å²) in [6.45, 7) is 4.69. The highest BCUT2D eigenvalue weighted by Crippen LogP contribution is 2.36. The molecule has 0 aromatic heterocycles. The zero-order chi connectivity index (χ0) is 18.0. The standard InChI is InChI=1S/C20H25NO3S/c1-15(2)17-10-8-16(9-11-17)14-21(18-12-13-18)25(22,23)20-7-5-4-6-19(20)24-3/h4-11,15,18H,12-14H2,1-3H3. The van der Waals surface area contributed by atoms with E-state index in [2.05, 4.69) is 26.0 Å². The van der Waals surface area contributed by atoms with Crippen LogP contribution in [0.4, 0.5) is 0 Å². The number of hydrogen-bond acceptors (Lipinski definition) is 3. The van der Waals surface area contributed by atoms with Crippen molar-refractivity contribution in [3.8, 4) is 5.75 Å². The van der Waals surface area contributed by atoms with E-state index in [-0.39, 0.29) is 10.9 Å². The molecule has 134 valence electrons. The van der Waals surface area contributed by atoms with E-state index in [4.69, 9.17) is 4.74 Å². The highest BCUT2D eigenvalue weighted by molar-refractivity contribution is 7.89. The molecule has 1 aliphatic carbocycles. The van der Waals surface area contributed by atoms with E-state index in [1.165, 1.54) is 12.7 Å². The first-order valence-corrected chi connectivity index (χ1v) is 10.1. The Kier molecular flexibility index (Phi) is 5.16. The Labute approximate surface area is 150 Å². The number of rotatable bonds is 7. The summed E-state index contributed by atoms with van der Waals surface area (Å²) in [6, 6.07) is 15.1. The number of benzene rings is 2. The zero-order valence-corrected chi connectivity index (χ0v) is 15.8. The quantitative estimate of drug-likeness (QED) is 0.745. The van der Waals surface area contributed by atoms with E-state index in [1.807, 2.05) is 12.1 Å². The molecule has 0 radical (unpaired) electrons. The first-order valence-electron chi connectivity index (χ1n) is 8.67. The van der Waals surface area contributed by atoms with Crippen LogP contribution in [0, 0.1) is 0 Å². The van der Waals surface area contributed by atoms with Gasteiger partial charge in [0.05, 0.1) is 7.11 Å². The molecule has 1 fully saturated rings. The van der Waals surface area contributed by atoms with Crippen LogP contribution in [0.5, 0.6) is 5.75 Å². The normalized spacial score (nSPS) is 14.9. The van der Waals surface area contributed by atoms with Crippen molar-refractivity contribution in [3.63, 3.8) is 0 Å². The predicted molar refractivity (Wildman–Crippen MR) is 99.3 cm³/mol. The Balaban J connectivity index is 1.90. The fourth-order valence-corrected chi connectivity index (χ4v) is 4.75. The molecular formula is C20H25NO3S. The lowest BCUT2D eigenvalue weighted by Gasteiger charge is -2.23. The maximum Gasteiger partial charge on any atom is 0.247 e. The summed E-state index contributed by atoms with van der Waals surface area (Å²) in [7, 11) is -2.10. The molecule has 2 aromatic rings. The lowest BCUT2D eigenvalue weighted by Crippen LogP contribution is -2.33. The van der Waals surface area contributed by atoms with Crippen LogP contribution in [0.2, 0.25) is 0 Å². The fourth-order valence-electron chi connectivity index (χ4n) is 2.92. The van der Waals surface area contributed by atoms with Crippen molar-refractivity contribution in [2.75, 3.05) is 7.11 Å². The van der Waals surface area contributed by atoms with E-state index in [0.717, 1.165) is 18.4 Å². The Hall–Kier alpha value is -1.85. The molecule has 5 heteroatoms. The van der Waals surface area contributed by atoms with Crippen molar-refractivity contribution >= 4 is 10.0 Å². The molecule has 0 bridgehead atoms. The highest BCUT2D eigenvalue weighted by Gasteiger charge is 2.39. The van der Waals surface area contributed by atoms with Crippen LogP contribution in [-0.4, -0.2) is 25.9 Å². The number of hydrogen-bond donors (Lipinski definition) is 0. The van der Waals surface area contributed by atoms with E-state index in [1.54, 1.807) is 28.6 Å². The van der Waals surface area contributed by atoms with Crippen molar-refractivity contribution < 1.29 is 13.2 Å². The summed E-state index contributed by atoms with van der Waals surface area (Å²) in [5, 5.41) is 0. The minimum Gasteiger partial charge on any atom is -0.495 e. The Bertz CT molecular complexity index is 824. The topological polar surface area (TPSA) is 46.6 Å². The predicted octanol–water partition coefficient (Wildman–Crippen LogP) is 4.17. The van der Waals surface area contributed by atoms with Crippen molar-refractivity contribution in [2.45, 2.75) is 50.1 Å². The largest absolute Gasteiger partial charge is 0.495 e. The molecule has 0 spiro atoms. The van der Waals surface area contributed by atoms with Gasteiger partial charge >= 0.3 is 0 Å². The van der Waals surface area contributed by atoms with E-state index >= 15 is 0 Å². The number of ether oxygens (including phenoxy) is 1. The van der Waals surface area contributed by atoms with Crippen LogP contribution in [-0.2, 0) is 16.6 Å². The van der Waals surface area contributed by atoms with Gasteiger partial charge in [-0.3, -0.25) is 0 Å². The molecule has 25 heavy (non-hydrogen) atoms. The van der Waals surface area contributed by atoms with Crippen LogP contribution in [0.15, 0.2) is 53.4 Å². The van der Waals surface area contributed by atoms with Gasteiger partial charge in [-0.25, -0.2) is 8.42 Å². The first kappa shape index (κ1) is 18.0. The van der Waals surface area contributed by atoms with Gasteiger partial charge in [-0.05, 0) is 42.0 Å². The van der Waals surface area contributed by atoms with Gasteiger partial charge < -0.3 is 4.74 Å². The van der Waals surface area contributed by atoms with E-state index < -0.39 is 10.0 Å². The van der Waals surface area contributed by atoms with Gasteiger partial charge in [0, 0.05) is 12.6 Å². The third kappa shape index (κ3) is 3.88. The maximum atomic E-state index is 13.2. The second-order valence-electron chi connectivity index (χ2n) is 6.83. The van der Waals surface area contributed by atoms with E-state index in [9.17, 15) is 8.42 Å². The van der Waals surface area contributed by atoms with Gasteiger partial charge in [0.1, 0.15) is 10.6 Å². The molecule has 0 saturated heterocycles. The van der Waals surface area contributed by atoms with Crippen molar-refractivity contribution in [1.82, 2.24) is 4.31 Å². The Morgan fingerprint density at radius 2 is 1.72 bits per heavy atom. The van der Waals surface area contributed by atoms with Gasteiger partial charge in [-0.15, -0.1) is 0 Å². The summed E-state index contributed by atoms with van der Waals surface area (Å²) in [4.78, 5) is 0.239.